The summed E-state index contributed by atoms with van der Waals surface area (Å²) in [5.41, 5.74) is 2.82. The molecule has 0 fully saturated rings. The van der Waals surface area contributed by atoms with Crippen molar-refractivity contribution in [3.05, 3.63) is 86.9 Å². The number of carbonyl (C=O) groups is 1. The van der Waals surface area contributed by atoms with Crippen LogP contribution in [0.25, 0.3) is 6.08 Å². The number of nitrogens with zero attached hydrogens (tertiary/aromatic N) is 1. The van der Waals surface area contributed by atoms with Gasteiger partial charge in [-0.1, -0.05) is 41.4 Å². The minimum absolute atomic E-state index is 0.0690. The number of carbonyl (C=O) groups excluding carboxylic acids is 1. The number of benzene rings is 3. The molecule has 0 aliphatic carbocycles. The first kappa shape index (κ1) is 26.0. The van der Waals surface area contributed by atoms with Gasteiger partial charge in [0.25, 0.3) is 5.91 Å². The number of rotatable bonds is 9. The summed E-state index contributed by atoms with van der Waals surface area (Å²) in [7, 11) is 1.52. The number of amides is 1. The summed E-state index contributed by atoms with van der Waals surface area (Å²) >= 11 is 12.0. The van der Waals surface area contributed by atoms with E-state index < -0.39 is 5.91 Å². The predicted molar refractivity (Wildman–Crippen MR) is 138 cm³/mol. The van der Waals surface area contributed by atoms with Gasteiger partial charge in [-0.25, -0.2) is 0 Å². The van der Waals surface area contributed by atoms with Crippen molar-refractivity contribution >= 4 is 40.9 Å². The third-order valence-electron chi connectivity index (χ3n) is 4.93. The number of ether oxygens (including phenoxy) is 3. The first-order valence-electron chi connectivity index (χ1n) is 10.8. The maximum atomic E-state index is 12.8. The molecule has 180 valence electrons. The van der Waals surface area contributed by atoms with Gasteiger partial charge >= 0.3 is 0 Å². The fourth-order valence-electron chi connectivity index (χ4n) is 3.22. The van der Waals surface area contributed by atoms with E-state index >= 15 is 0 Å². The Morgan fingerprint density at radius 1 is 1.00 bits per heavy atom. The molecule has 1 amide bonds. The molecule has 0 radical (unpaired) electrons. The first-order valence-corrected chi connectivity index (χ1v) is 11.5. The van der Waals surface area contributed by atoms with Crippen molar-refractivity contribution in [1.29, 1.82) is 5.26 Å². The Hall–Kier alpha value is -3.66. The van der Waals surface area contributed by atoms with Gasteiger partial charge in [0.05, 0.1) is 29.4 Å². The Morgan fingerprint density at radius 2 is 1.77 bits per heavy atom. The molecule has 0 aliphatic rings. The number of anilines is 1. The minimum atomic E-state index is -0.547. The Balaban J connectivity index is 1.81. The molecule has 0 aliphatic heterocycles. The van der Waals surface area contributed by atoms with Crippen molar-refractivity contribution < 1.29 is 19.0 Å². The van der Waals surface area contributed by atoms with Crippen molar-refractivity contribution in [2.24, 2.45) is 0 Å². The summed E-state index contributed by atoms with van der Waals surface area (Å²) < 4.78 is 16.9. The van der Waals surface area contributed by atoms with Crippen LogP contribution in [0.4, 0.5) is 5.69 Å². The van der Waals surface area contributed by atoms with Crippen LogP contribution in [0.15, 0.2) is 60.2 Å². The molecule has 0 bridgehead atoms. The van der Waals surface area contributed by atoms with E-state index in [2.05, 4.69) is 5.32 Å². The second-order valence-corrected chi connectivity index (χ2v) is 8.32. The summed E-state index contributed by atoms with van der Waals surface area (Å²) in [4.78, 5) is 12.8. The molecule has 35 heavy (non-hydrogen) atoms. The minimum Gasteiger partial charge on any atom is -0.495 e. The molecule has 0 heterocycles. The normalized spacial score (nSPS) is 10.9. The standard InChI is InChI=1S/C27H24Cl2N2O4/c1-4-34-26-14-18(7-10-25(26)35-16-19-6-8-21(28)22(29)13-19)12-20(15-30)27(32)31-23-11-17(2)5-9-24(23)33-3/h5-14H,4,16H2,1-3H3,(H,31,32)/b20-12+. The molecule has 0 atom stereocenters. The molecule has 1 N–H and O–H groups in total. The maximum absolute atomic E-state index is 12.8. The highest BCUT2D eigenvalue weighted by atomic mass is 35.5. The number of halogens is 2. The highest BCUT2D eigenvalue weighted by molar-refractivity contribution is 6.42. The van der Waals surface area contributed by atoms with Crippen LogP contribution < -0.4 is 19.5 Å². The lowest BCUT2D eigenvalue weighted by Gasteiger charge is -2.13. The number of methoxy groups -OCH3 is 1. The Morgan fingerprint density at radius 3 is 2.46 bits per heavy atom. The van der Waals surface area contributed by atoms with Crippen molar-refractivity contribution in [2.75, 3.05) is 19.0 Å². The average Bonchev–Trinajstić information content (AvgIpc) is 2.84. The topological polar surface area (TPSA) is 80.6 Å². The Labute approximate surface area is 214 Å². The van der Waals surface area contributed by atoms with Crippen LogP contribution in [0.2, 0.25) is 10.0 Å². The molecule has 0 spiro atoms. The molecule has 8 heteroatoms. The van der Waals surface area contributed by atoms with Crippen molar-refractivity contribution in [1.82, 2.24) is 0 Å². The molecular weight excluding hydrogens is 487 g/mol. The Bertz CT molecular complexity index is 1300. The van der Waals surface area contributed by atoms with Crippen LogP contribution in [-0.2, 0) is 11.4 Å². The van der Waals surface area contributed by atoms with Gasteiger partial charge in [0, 0.05) is 0 Å². The Kier molecular flexibility index (Phi) is 9.02. The van der Waals surface area contributed by atoms with Gasteiger partial charge in [-0.3, -0.25) is 4.79 Å². The molecular formula is C27H24Cl2N2O4. The van der Waals surface area contributed by atoms with Crippen LogP contribution in [0.1, 0.15) is 23.6 Å². The largest absolute Gasteiger partial charge is 0.495 e. The van der Waals surface area contributed by atoms with Crippen molar-refractivity contribution in [3.63, 3.8) is 0 Å². The van der Waals surface area contributed by atoms with Gasteiger partial charge in [-0.15, -0.1) is 0 Å². The monoisotopic (exact) mass is 510 g/mol. The maximum Gasteiger partial charge on any atom is 0.266 e. The smallest absolute Gasteiger partial charge is 0.266 e. The summed E-state index contributed by atoms with van der Waals surface area (Å²) in [6, 6.07) is 17.8. The molecule has 3 rings (SSSR count). The fourth-order valence-corrected chi connectivity index (χ4v) is 3.54. The predicted octanol–water partition coefficient (Wildman–Crippen LogP) is 6.83. The molecule has 0 aromatic heterocycles. The molecule has 6 nitrogen and oxygen atoms in total. The third kappa shape index (κ3) is 6.92. The van der Waals surface area contributed by atoms with Gasteiger partial charge in [0.2, 0.25) is 0 Å². The highest BCUT2D eigenvalue weighted by Crippen LogP contribution is 2.31. The fraction of sp³-hybridized carbons (Fsp3) is 0.185. The van der Waals surface area contributed by atoms with Crippen LogP contribution in [0, 0.1) is 18.3 Å². The number of nitrogens with one attached hydrogen (secondary N) is 1. The SMILES string of the molecule is CCOc1cc(/C=C(\C#N)C(=O)Nc2cc(C)ccc2OC)ccc1OCc1ccc(Cl)c(Cl)c1. The number of hydrogen-bond donors (Lipinski definition) is 1. The summed E-state index contributed by atoms with van der Waals surface area (Å²) in [6.45, 7) is 4.43. The number of aryl methyl sites for hydroxylation is 1. The number of nitriles is 1. The van der Waals surface area contributed by atoms with Gasteiger partial charge < -0.3 is 19.5 Å². The summed E-state index contributed by atoms with van der Waals surface area (Å²) in [6.07, 6.45) is 1.49. The highest BCUT2D eigenvalue weighted by Gasteiger charge is 2.14. The molecule has 0 saturated carbocycles. The van der Waals surface area contributed by atoms with Crippen molar-refractivity contribution in [2.45, 2.75) is 20.5 Å². The molecule has 3 aromatic rings. The number of hydrogen-bond acceptors (Lipinski definition) is 5. The van der Waals surface area contributed by atoms with E-state index in [1.807, 2.05) is 32.0 Å². The van der Waals surface area contributed by atoms with Gasteiger partial charge in [0.15, 0.2) is 11.5 Å². The van der Waals surface area contributed by atoms with E-state index in [9.17, 15) is 10.1 Å². The lowest BCUT2D eigenvalue weighted by molar-refractivity contribution is -0.112. The van der Waals surface area contributed by atoms with Crippen LogP contribution >= 0.6 is 23.2 Å². The van der Waals surface area contributed by atoms with Crippen LogP contribution in [0.3, 0.4) is 0 Å². The lowest BCUT2D eigenvalue weighted by atomic mass is 10.1. The molecule has 3 aromatic carbocycles. The second-order valence-electron chi connectivity index (χ2n) is 7.50. The van der Waals surface area contributed by atoms with E-state index in [1.165, 1.54) is 13.2 Å². The lowest BCUT2D eigenvalue weighted by Crippen LogP contribution is -2.14. The van der Waals surface area contributed by atoms with E-state index in [0.717, 1.165) is 11.1 Å². The molecule has 0 saturated heterocycles. The zero-order valence-corrected chi connectivity index (χ0v) is 21.0. The average molecular weight is 511 g/mol. The van der Waals surface area contributed by atoms with E-state index in [0.29, 0.717) is 45.2 Å². The van der Waals surface area contributed by atoms with Crippen LogP contribution in [-0.4, -0.2) is 19.6 Å². The first-order chi connectivity index (χ1) is 16.8. The van der Waals surface area contributed by atoms with Crippen molar-refractivity contribution in [3.8, 4) is 23.3 Å². The van der Waals surface area contributed by atoms with E-state index in [-0.39, 0.29) is 12.2 Å². The van der Waals surface area contributed by atoms with Gasteiger partial charge in [-0.05, 0) is 73.0 Å². The van der Waals surface area contributed by atoms with E-state index in [4.69, 9.17) is 37.4 Å². The van der Waals surface area contributed by atoms with Gasteiger partial charge in [0.1, 0.15) is 24.0 Å². The summed E-state index contributed by atoms with van der Waals surface area (Å²) in [5.74, 6) is 0.958. The third-order valence-corrected chi connectivity index (χ3v) is 5.66. The molecule has 0 unspecified atom stereocenters. The second kappa shape index (κ2) is 12.2. The van der Waals surface area contributed by atoms with Gasteiger partial charge in [-0.2, -0.15) is 5.26 Å². The zero-order valence-electron chi connectivity index (χ0n) is 19.5. The summed E-state index contributed by atoms with van der Waals surface area (Å²) in [5, 5.41) is 13.3. The van der Waals surface area contributed by atoms with Crippen LogP contribution in [0.5, 0.6) is 17.2 Å². The van der Waals surface area contributed by atoms with E-state index in [1.54, 1.807) is 42.5 Å². The zero-order chi connectivity index (χ0) is 25.4. The quantitative estimate of drug-likeness (QED) is 0.252.